The molecular formula is C6H4F2N2O3. The molecule has 0 atom stereocenters. The number of alkyl halides is 2. The summed E-state index contributed by atoms with van der Waals surface area (Å²) in [6.45, 7) is 0. The van der Waals surface area contributed by atoms with E-state index in [2.05, 4.69) is 0 Å². The lowest BCUT2D eigenvalue weighted by Crippen LogP contribution is -2.10. The Morgan fingerprint density at radius 3 is 2.54 bits per heavy atom. The van der Waals surface area contributed by atoms with Crippen molar-refractivity contribution in [3.05, 3.63) is 38.3 Å². The zero-order chi connectivity index (χ0) is 10.0. The Hall–Kier alpha value is -1.79. The normalized spacial score (nSPS) is 10.4. The molecule has 1 aromatic heterocycles. The number of nitrogens with zero attached hydrogens (tertiary/aromatic N) is 1. The second kappa shape index (κ2) is 3.30. The molecule has 0 unspecified atom stereocenters. The predicted molar refractivity (Wildman–Crippen MR) is 38.7 cm³/mol. The summed E-state index contributed by atoms with van der Waals surface area (Å²) in [5.41, 5.74) is -2.53. The van der Waals surface area contributed by atoms with Crippen molar-refractivity contribution in [3.63, 3.8) is 0 Å². The summed E-state index contributed by atoms with van der Waals surface area (Å²) in [7, 11) is 0. The molecule has 0 aromatic carbocycles. The molecule has 0 spiro atoms. The van der Waals surface area contributed by atoms with E-state index in [-0.39, 0.29) is 0 Å². The molecule has 1 N–H and O–H groups in total. The van der Waals surface area contributed by atoms with Crippen molar-refractivity contribution in [1.82, 2.24) is 4.98 Å². The van der Waals surface area contributed by atoms with E-state index < -0.39 is 28.3 Å². The molecule has 5 nitrogen and oxygen atoms in total. The van der Waals surface area contributed by atoms with Gasteiger partial charge in [-0.2, -0.15) is 0 Å². The van der Waals surface area contributed by atoms with Crippen LogP contribution in [0.5, 0.6) is 0 Å². The highest BCUT2D eigenvalue weighted by atomic mass is 19.3. The molecule has 0 aliphatic rings. The minimum atomic E-state index is -3.06. The number of hydrogen-bond donors (Lipinski definition) is 1. The summed E-state index contributed by atoms with van der Waals surface area (Å²) in [4.78, 5) is 21.5. The summed E-state index contributed by atoms with van der Waals surface area (Å²) in [5.74, 6) is 0. The molecule has 0 saturated carbocycles. The molecule has 0 saturated heterocycles. The predicted octanol–water partition coefficient (Wildman–Crippen LogP) is 1.22. The maximum absolute atomic E-state index is 12.1. The van der Waals surface area contributed by atoms with Crippen molar-refractivity contribution >= 4 is 5.69 Å². The lowest BCUT2D eigenvalue weighted by Gasteiger charge is -1.99. The lowest BCUT2D eigenvalue weighted by molar-refractivity contribution is -0.386. The third-order valence-electron chi connectivity index (χ3n) is 1.34. The van der Waals surface area contributed by atoms with Gasteiger partial charge in [0.15, 0.2) is 5.69 Å². The van der Waals surface area contributed by atoms with Gasteiger partial charge in [0.25, 0.3) is 12.1 Å². The van der Waals surface area contributed by atoms with Crippen molar-refractivity contribution in [3.8, 4) is 0 Å². The average molecular weight is 190 g/mol. The molecule has 70 valence electrons. The molecule has 0 bridgehead atoms. The van der Waals surface area contributed by atoms with Crippen molar-refractivity contribution in [2.45, 2.75) is 6.43 Å². The number of H-pyrrole nitrogens is 1. The molecule has 1 heterocycles. The SMILES string of the molecule is O=c1ccc([N+](=O)[O-])c(C(F)F)[nH]1. The van der Waals surface area contributed by atoms with Gasteiger partial charge in [0.1, 0.15) is 0 Å². The average Bonchev–Trinajstić information content (AvgIpc) is 2.03. The number of aromatic amines is 1. The minimum absolute atomic E-state index is 0.750. The Morgan fingerprint density at radius 1 is 1.46 bits per heavy atom. The molecule has 0 radical (unpaired) electrons. The number of rotatable bonds is 2. The Kier molecular flexibility index (Phi) is 2.36. The second-order valence-electron chi connectivity index (χ2n) is 2.18. The number of nitrogens with one attached hydrogen (secondary N) is 1. The first-order chi connectivity index (χ1) is 6.02. The molecule has 0 amide bonds. The maximum atomic E-state index is 12.1. The summed E-state index contributed by atoms with van der Waals surface area (Å²) < 4.78 is 24.2. The number of nitro groups is 1. The van der Waals surface area contributed by atoms with E-state index in [4.69, 9.17) is 0 Å². The van der Waals surface area contributed by atoms with E-state index in [1.54, 1.807) is 4.98 Å². The van der Waals surface area contributed by atoms with Crippen LogP contribution >= 0.6 is 0 Å². The van der Waals surface area contributed by atoms with Gasteiger partial charge in [-0.3, -0.25) is 14.9 Å². The first-order valence-corrected chi connectivity index (χ1v) is 3.18. The largest absolute Gasteiger partial charge is 0.315 e. The molecule has 1 rings (SSSR count). The van der Waals surface area contributed by atoms with Crippen molar-refractivity contribution in [2.24, 2.45) is 0 Å². The molecule has 7 heteroatoms. The number of aromatic nitrogens is 1. The van der Waals surface area contributed by atoms with E-state index in [0.717, 1.165) is 12.1 Å². The van der Waals surface area contributed by atoms with Crippen LogP contribution in [0.1, 0.15) is 12.1 Å². The molecular weight excluding hydrogens is 186 g/mol. The third-order valence-corrected chi connectivity index (χ3v) is 1.34. The van der Waals surface area contributed by atoms with Crippen molar-refractivity contribution in [2.75, 3.05) is 0 Å². The van der Waals surface area contributed by atoms with Crippen LogP contribution in [0.2, 0.25) is 0 Å². The number of halogens is 2. The smallest absolute Gasteiger partial charge is 0.294 e. The first kappa shape index (κ1) is 9.30. The third kappa shape index (κ3) is 1.86. The number of hydrogen-bond acceptors (Lipinski definition) is 3. The zero-order valence-electron chi connectivity index (χ0n) is 6.16. The fourth-order valence-electron chi connectivity index (χ4n) is 0.808. The Balaban J connectivity index is 3.35. The van der Waals surface area contributed by atoms with E-state index >= 15 is 0 Å². The van der Waals surface area contributed by atoms with Crippen molar-refractivity contribution < 1.29 is 13.7 Å². The molecule has 0 aliphatic heterocycles. The van der Waals surface area contributed by atoms with Crippen LogP contribution in [0.25, 0.3) is 0 Å². The topological polar surface area (TPSA) is 76.0 Å². The lowest BCUT2D eigenvalue weighted by atomic mass is 10.3. The molecule has 13 heavy (non-hydrogen) atoms. The van der Waals surface area contributed by atoms with Crippen molar-refractivity contribution in [1.29, 1.82) is 0 Å². The van der Waals surface area contributed by atoms with E-state index in [9.17, 15) is 23.7 Å². The van der Waals surface area contributed by atoms with E-state index in [0.29, 0.717) is 0 Å². The summed E-state index contributed by atoms with van der Waals surface area (Å²) in [6, 6.07) is 1.57. The highest BCUT2D eigenvalue weighted by Crippen LogP contribution is 2.24. The Morgan fingerprint density at radius 2 is 2.08 bits per heavy atom. The van der Waals surface area contributed by atoms with Gasteiger partial charge in [0.05, 0.1) is 4.92 Å². The first-order valence-electron chi connectivity index (χ1n) is 3.18. The van der Waals surface area contributed by atoms with Gasteiger partial charge < -0.3 is 4.98 Å². The van der Waals surface area contributed by atoms with Gasteiger partial charge >= 0.3 is 0 Å². The van der Waals surface area contributed by atoms with Gasteiger partial charge in [0, 0.05) is 12.1 Å². The van der Waals surface area contributed by atoms with Crippen LogP contribution in [0.4, 0.5) is 14.5 Å². The second-order valence-corrected chi connectivity index (χ2v) is 2.18. The zero-order valence-corrected chi connectivity index (χ0v) is 6.16. The number of pyridine rings is 1. The highest BCUT2D eigenvalue weighted by molar-refractivity contribution is 5.34. The molecule has 1 aromatic rings. The van der Waals surface area contributed by atoms with Crippen LogP contribution < -0.4 is 5.56 Å². The summed E-state index contributed by atoms with van der Waals surface area (Å²) >= 11 is 0. The minimum Gasteiger partial charge on any atom is -0.315 e. The summed E-state index contributed by atoms with van der Waals surface area (Å²) in [5, 5.41) is 10.2. The molecule has 0 aliphatic carbocycles. The van der Waals surface area contributed by atoms with Gasteiger partial charge in [0.2, 0.25) is 5.56 Å². The van der Waals surface area contributed by atoms with Crippen LogP contribution in [0, 0.1) is 10.1 Å². The van der Waals surface area contributed by atoms with Gasteiger partial charge in [-0.25, -0.2) is 8.78 Å². The van der Waals surface area contributed by atoms with Crippen LogP contribution in [-0.2, 0) is 0 Å². The monoisotopic (exact) mass is 190 g/mol. The fourth-order valence-corrected chi connectivity index (χ4v) is 0.808. The maximum Gasteiger partial charge on any atom is 0.294 e. The van der Waals surface area contributed by atoms with Gasteiger partial charge in [-0.15, -0.1) is 0 Å². The standard InChI is InChI=1S/C6H4F2N2O3/c7-6(8)5-3(10(12)13)1-2-4(11)9-5/h1-2,6H,(H,9,11). The molecule has 0 fully saturated rings. The summed E-state index contributed by atoms with van der Waals surface area (Å²) in [6.07, 6.45) is -3.06. The highest BCUT2D eigenvalue weighted by Gasteiger charge is 2.21. The van der Waals surface area contributed by atoms with Crippen LogP contribution in [0.15, 0.2) is 16.9 Å². The Labute approximate surface area is 70.2 Å². The van der Waals surface area contributed by atoms with Gasteiger partial charge in [-0.1, -0.05) is 0 Å². The Bertz CT molecular complexity index is 388. The van der Waals surface area contributed by atoms with Gasteiger partial charge in [-0.05, 0) is 0 Å². The van der Waals surface area contributed by atoms with Crippen LogP contribution in [-0.4, -0.2) is 9.91 Å². The quantitative estimate of drug-likeness (QED) is 0.562. The van der Waals surface area contributed by atoms with E-state index in [1.807, 2.05) is 0 Å². The fraction of sp³-hybridized carbons (Fsp3) is 0.167. The van der Waals surface area contributed by atoms with E-state index in [1.165, 1.54) is 0 Å². The van der Waals surface area contributed by atoms with Crippen LogP contribution in [0.3, 0.4) is 0 Å².